The second kappa shape index (κ2) is 5.21. The molecule has 0 unspecified atom stereocenters. The Morgan fingerprint density at radius 1 is 1.50 bits per heavy atom. The van der Waals surface area contributed by atoms with E-state index in [2.05, 4.69) is 5.32 Å². The van der Waals surface area contributed by atoms with E-state index >= 15 is 0 Å². The molecule has 0 heterocycles. The maximum absolute atomic E-state index is 10.9. The van der Waals surface area contributed by atoms with Crippen LogP contribution in [0.1, 0.15) is 20.3 Å². The van der Waals surface area contributed by atoms with E-state index in [1.165, 1.54) is 0 Å². The molecule has 0 atom stereocenters. The number of benzene rings is 1. The number of anilines is 1. The fraction of sp³-hybridized carbons (Fsp3) is 0.417. The van der Waals surface area contributed by atoms with Gasteiger partial charge in [0.15, 0.2) is 0 Å². The molecule has 1 aromatic carbocycles. The Kier molecular flexibility index (Phi) is 4.19. The number of hydrogen-bond acceptors (Lipinski definition) is 2. The molecular formula is C12H16ClNO2. The van der Waals surface area contributed by atoms with Crippen LogP contribution in [0.3, 0.4) is 0 Å². The van der Waals surface area contributed by atoms with E-state index in [1.54, 1.807) is 19.9 Å². The van der Waals surface area contributed by atoms with Crippen molar-refractivity contribution < 1.29 is 9.90 Å². The molecule has 0 aliphatic carbocycles. The summed E-state index contributed by atoms with van der Waals surface area (Å²) in [5.74, 6) is -0.777. The number of rotatable bonds is 5. The molecule has 0 saturated heterocycles. The lowest BCUT2D eigenvalue weighted by Crippen LogP contribution is -2.26. The van der Waals surface area contributed by atoms with Crippen LogP contribution in [0.5, 0.6) is 0 Å². The molecule has 0 radical (unpaired) electrons. The SMILES string of the molecule is CC(C)(CCNc1cccc(Cl)c1)C(=O)O. The highest BCUT2D eigenvalue weighted by Crippen LogP contribution is 2.21. The molecule has 16 heavy (non-hydrogen) atoms. The molecule has 0 fully saturated rings. The monoisotopic (exact) mass is 241 g/mol. The predicted molar refractivity (Wildman–Crippen MR) is 66.0 cm³/mol. The highest BCUT2D eigenvalue weighted by atomic mass is 35.5. The molecule has 0 spiro atoms. The van der Waals surface area contributed by atoms with Gasteiger partial charge in [0.25, 0.3) is 0 Å². The van der Waals surface area contributed by atoms with Gasteiger partial charge in [0.1, 0.15) is 0 Å². The fourth-order valence-corrected chi connectivity index (χ4v) is 1.41. The summed E-state index contributed by atoms with van der Waals surface area (Å²) >= 11 is 5.83. The number of nitrogens with one attached hydrogen (secondary N) is 1. The summed E-state index contributed by atoms with van der Waals surface area (Å²) in [6.07, 6.45) is 0.564. The molecule has 0 amide bonds. The van der Waals surface area contributed by atoms with E-state index in [-0.39, 0.29) is 0 Å². The van der Waals surface area contributed by atoms with E-state index < -0.39 is 11.4 Å². The zero-order valence-electron chi connectivity index (χ0n) is 9.46. The molecule has 0 saturated carbocycles. The smallest absolute Gasteiger partial charge is 0.309 e. The van der Waals surface area contributed by atoms with Crippen LogP contribution in [0.2, 0.25) is 5.02 Å². The van der Waals surface area contributed by atoms with Gasteiger partial charge < -0.3 is 10.4 Å². The molecule has 3 nitrogen and oxygen atoms in total. The summed E-state index contributed by atoms with van der Waals surface area (Å²) in [7, 11) is 0. The first-order valence-corrected chi connectivity index (χ1v) is 5.52. The minimum Gasteiger partial charge on any atom is -0.481 e. The third kappa shape index (κ3) is 3.74. The molecule has 0 aliphatic heterocycles. The van der Waals surface area contributed by atoms with Gasteiger partial charge in [-0.25, -0.2) is 0 Å². The average Bonchev–Trinajstić information content (AvgIpc) is 2.17. The van der Waals surface area contributed by atoms with E-state index in [4.69, 9.17) is 16.7 Å². The number of hydrogen-bond donors (Lipinski definition) is 2. The van der Waals surface area contributed by atoms with Gasteiger partial charge in [-0.3, -0.25) is 4.79 Å². The van der Waals surface area contributed by atoms with E-state index in [0.717, 1.165) is 5.69 Å². The molecular weight excluding hydrogens is 226 g/mol. The second-order valence-corrected chi connectivity index (χ2v) is 4.81. The Labute approximate surface area is 100 Å². The van der Waals surface area contributed by atoms with Gasteiger partial charge >= 0.3 is 5.97 Å². The minimum atomic E-state index is -0.777. The number of halogens is 1. The van der Waals surface area contributed by atoms with Crippen LogP contribution in [0.15, 0.2) is 24.3 Å². The summed E-state index contributed by atoms with van der Waals surface area (Å²) in [4.78, 5) is 10.9. The van der Waals surface area contributed by atoms with Gasteiger partial charge in [-0.2, -0.15) is 0 Å². The topological polar surface area (TPSA) is 49.3 Å². The van der Waals surface area contributed by atoms with Crippen molar-refractivity contribution in [2.45, 2.75) is 20.3 Å². The minimum absolute atomic E-state index is 0.564. The zero-order chi connectivity index (χ0) is 12.2. The third-order valence-corrected chi connectivity index (χ3v) is 2.72. The third-order valence-electron chi connectivity index (χ3n) is 2.48. The van der Waals surface area contributed by atoms with Gasteiger partial charge in [-0.1, -0.05) is 17.7 Å². The molecule has 88 valence electrons. The fourth-order valence-electron chi connectivity index (χ4n) is 1.22. The van der Waals surface area contributed by atoms with Crippen LogP contribution < -0.4 is 5.32 Å². The van der Waals surface area contributed by atoms with Crippen molar-refractivity contribution in [1.29, 1.82) is 0 Å². The Balaban J connectivity index is 2.45. The van der Waals surface area contributed by atoms with Crippen molar-refractivity contribution in [3.8, 4) is 0 Å². The van der Waals surface area contributed by atoms with Gasteiger partial charge in [0.2, 0.25) is 0 Å². The maximum Gasteiger partial charge on any atom is 0.309 e. The zero-order valence-corrected chi connectivity index (χ0v) is 10.2. The van der Waals surface area contributed by atoms with E-state index in [0.29, 0.717) is 18.0 Å². The Morgan fingerprint density at radius 3 is 2.75 bits per heavy atom. The molecule has 0 aliphatic rings. The van der Waals surface area contributed by atoms with Crippen molar-refractivity contribution in [3.63, 3.8) is 0 Å². The Bertz CT molecular complexity index is 377. The van der Waals surface area contributed by atoms with Crippen molar-refractivity contribution in [1.82, 2.24) is 0 Å². The molecule has 0 aromatic heterocycles. The first-order chi connectivity index (χ1) is 7.42. The predicted octanol–water partition coefficient (Wildman–Crippen LogP) is 3.25. The van der Waals surface area contributed by atoms with Gasteiger partial charge in [0.05, 0.1) is 5.41 Å². The van der Waals surface area contributed by atoms with E-state index in [9.17, 15) is 4.79 Å². The number of carboxylic acid groups (broad SMARTS) is 1. The Morgan fingerprint density at radius 2 is 2.19 bits per heavy atom. The van der Waals surface area contributed by atoms with E-state index in [1.807, 2.05) is 18.2 Å². The lowest BCUT2D eigenvalue weighted by atomic mass is 9.90. The van der Waals surface area contributed by atoms with Crippen LogP contribution in [-0.4, -0.2) is 17.6 Å². The summed E-state index contributed by atoms with van der Waals surface area (Å²) in [6, 6.07) is 7.37. The lowest BCUT2D eigenvalue weighted by Gasteiger charge is -2.19. The molecule has 1 rings (SSSR count). The second-order valence-electron chi connectivity index (χ2n) is 4.38. The number of aliphatic carboxylic acids is 1. The average molecular weight is 242 g/mol. The normalized spacial score (nSPS) is 11.2. The summed E-state index contributed by atoms with van der Waals surface area (Å²) in [5.41, 5.74) is 0.208. The summed E-state index contributed by atoms with van der Waals surface area (Å²) in [5, 5.41) is 12.8. The Hall–Kier alpha value is -1.22. The molecule has 1 aromatic rings. The molecule has 4 heteroatoms. The van der Waals surface area contributed by atoms with Crippen molar-refractivity contribution >= 4 is 23.3 Å². The first kappa shape index (κ1) is 12.8. The van der Waals surface area contributed by atoms with Crippen LogP contribution >= 0.6 is 11.6 Å². The highest BCUT2D eigenvalue weighted by molar-refractivity contribution is 6.30. The largest absolute Gasteiger partial charge is 0.481 e. The molecule has 0 bridgehead atoms. The standard InChI is InChI=1S/C12H16ClNO2/c1-12(2,11(15)16)6-7-14-10-5-3-4-9(13)8-10/h3-5,8,14H,6-7H2,1-2H3,(H,15,16). The molecule has 2 N–H and O–H groups in total. The van der Waals surface area contributed by atoms with Crippen LogP contribution in [0, 0.1) is 5.41 Å². The van der Waals surface area contributed by atoms with Crippen molar-refractivity contribution in [3.05, 3.63) is 29.3 Å². The number of carbonyl (C=O) groups is 1. The summed E-state index contributed by atoms with van der Waals surface area (Å²) < 4.78 is 0. The quantitative estimate of drug-likeness (QED) is 0.832. The highest BCUT2D eigenvalue weighted by Gasteiger charge is 2.26. The van der Waals surface area contributed by atoms with Crippen LogP contribution in [0.4, 0.5) is 5.69 Å². The van der Waals surface area contributed by atoms with Gasteiger partial charge in [-0.05, 0) is 38.5 Å². The van der Waals surface area contributed by atoms with Crippen LogP contribution in [0.25, 0.3) is 0 Å². The lowest BCUT2D eigenvalue weighted by molar-refractivity contribution is -0.147. The maximum atomic E-state index is 10.9. The van der Waals surface area contributed by atoms with Crippen molar-refractivity contribution in [2.75, 3.05) is 11.9 Å². The summed E-state index contributed by atoms with van der Waals surface area (Å²) in [6.45, 7) is 4.05. The van der Waals surface area contributed by atoms with Crippen molar-refractivity contribution in [2.24, 2.45) is 5.41 Å². The van der Waals surface area contributed by atoms with Gasteiger partial charge in [0, 0.05) is 17.3 Å². The van der Waals surface area contributed by atoms with Gasteiger partial charge in [-0.15, -0.1) is 0 Å². The first-order valence-electron chi connectivity index (χ1n) is 5.15. The van der Waals surface area contributed by atoms with Crippen LogP contribution in [-0.2, 0) is 4.79 Å². The number of carboxylic acids is 1.